The van der Waals surface area contributed by atoms with Gasteiger partial charge in [0, 0.05) is 18.6 Å². The summed E-state index contributed by atoms with van der Waals surface area (Å²) in [6, 6.07) is 9.42. The molecule has 1 N–H and O–H groups in total. The molecule has 2 atom stereocenters. The van der Waals surface area contributed by atoms with Crippen LogP contribution in [-0.2, 0) is 20.8 Å². The van der Waals surface area contributed by atoms with E-state index < -0.39 is 11.9 Å². The summed E-state index contributed by atoms with van der Waals surface area (Å²) >= 11 is 1.53. The molecule has 120 valence electrons. The third-order valence-electron chi connectivity index (χ3n) is 4.16. The number of aliphatic carboxylic acids is 1. The van der Waals surface area contributed by atoms with Crippen molar-refractivity contribution in [3.63, 3.8) is 0 Å². The van der Waals surface area contributed by atoms with E-state index in [4.69, 9.17) is 0 Å². The van der Waals surface area contributed by atoms with Crippen LogP contribution in [0.1, 0.15) is 18.9 Å². The van der Waals surface area contributed by atoms with E-state index in [0.29, 0.717) is 17.7 Å². The molecule has 0 saturated carbocycles. The molecule has 1 aromatic carbocycles. The molecule has 1 amide bonds. The summed E-state index contributed by atoms with van der Waals surface area (Å²) in [7, 11) is 0. The Morgan fingerprint density at radius 2 is 2.00 bits per heavy atom. The molecule has 2 heterocycles. The van der Waals surface area contributed by atoms with Gasteiger partial charge in [0.25, 0.3) is 0 Å². The Balaban J connectivity index is 1.67. The van der Waals surface area contributed by atoms with E-state index >= 15 is 0 Å². The Hall–Kier alpha value is -2.08. The van der Waals surface area contributed by atoms with E-state index in [1.54, 1.807) is 6.92 Å². The van der Waals surface area contributed by atoms with Gasteiger partial charge in [-0.3, -0.25) is 14.5 Å². The fraction of sp³-hybridized carbons (Fsp3) is 0.353. The fourth-order valence-electron chi connectivity index (χ4n) is 3.05. The van der Waals surface area contributed by atoms with Crippen LogP contribution >= 0.6 is 11.8 Å². The predicted molar refractivity (Wildman–Crippen MR) is 86.7 cm³/mol. The van der Waals surface area contributed by atoms with Crippen LogP contribution in [0.5, 0.6) is 0 Å². The molecule has 0 aliphatic carbocycles. The average Bonchev–Trinajstić information content (AvgIpc) is 2.53. The van der Waals surface area contributed by atoms with Crippen molar-refractivity contribution in [3.05, 3.63) is 47.2 Å². The highest BCUT2D eigenvalue weighted by Gasteiger charge is 2.53. The Labute approximate surface area is 138 Å². The van der Waals surface area contributed by atoms with Gasteiger partial charge >= 0.3 is 5.97 Å². The number of ketones is 1. The second-order valence-electron chi connectivity index (χ2n) is 5.86. The number of amides is 1. The van der Waals surface area contributed by atoms with Gasteiger partial charge in [-0.15, -0.1) is 11.8 Å². The first-order valence-electron chi connectivity index (χ1n) is 7.42. The smallest absolute Gasteiger partial charge is 0.352 e. The molecule has 1 saturated heterocycles. The molecule has 23 heavy (non-hydrogen) atoms. The van der Waals surface area contributed by atoms with Crippen molar-refractivity contribution in [2.75, 3.05) is 5.75 Å². The van der Waals surface area contributed by atoms with Crippen LogP contribution in [0.25, 0.3) is 0 Å². The SMILES string of the molecule is CC1=C(C(=O)O)N2C(=O)[C@@H](CC(=O)Cc3ccccc3)[C@H]2SC1. The highest BCUT2D eigenvalue weighted by Crippen LogP contribution is 2.45. The summed E-state index contributed by atoms with van der Waals surface area (Å²) in [4.78, 5) is 37.2. The van der Waals surface area contributed by atoms with Crippen LogP contribution in [0.4, 0.5) is 0 Å². The monoisotopic (exact) mass is 331 g/mol. The molecular formula is C17H17NO4S. The van der Waals surface area contributed by atoms with Gasteiger partial charge in [0.15, 0.2) is 0 Å². The molecule has 5 nitrogen and oxygen atoms in total. The molecule has 0 spiro atoms. The second-order valence-corrected chi connectivity index (χ2v) is 6.96. The van der Waals surface area contributed by atoms with Crippen LogP contribution in [0.2, 0.25) is 0 Å². The third-order valence-corrected chi connectivity index (χ3v) is 5.64. The largest absolute Gasteiger partial charge is 0.477 e. The maximum atomic E-state index is 12.3. The summed E-state index contributed by atoms with van der Waals surface area (Å²) in [6.07, 6.45) is 0.483. The number of nitrogens with zero attached hydrogens (tertiary/aromatic N) is 1. The number of thioether (sulfide) groups is 1. The van der Waals surface area contributed by atoms with Gasteiger partial charge in [-0.1, -0.05) is 30.3 Å². The third kappa shape index (κ3) is 2.91. The van der Waals surface area contributed by atoms with E-state index in [-0.39, 0.29) is 29.2 Å². The van der Waals surface area contributed by atoms with Crippen LogP contribution in [0.15, 0.2) is 41.6 Å². The van der Waals surface area contributed by atoms with Crippen molar-refractivity contribution in [3.8, 4) is 0 Å². The number of carbonyl (C=O) groups excluding carboxylic acids is 2. The number of hydrogen-bond acceptors (Lipinski definition) is 4. The molecule has 1 fully saturated rings. The van der Waals surface area contributed by atoms with Crippen LogP contribution in [-0.4, -0.2) is 38.8 Å². The van der Waals surface area contributed by atoms with Crippen molar-refractivity contribution in [2.24, 2.45) is 5.92 Å². The molecule has 2 aliphatic rings. The number of hydrogen-bond donors (Lipinski definition) is 1. The molecule has 0 radical (unpaired) electrons. The van der Waals surface area contributed by atoms with Crippen LogP contribution in [0.3, 0.4) is 0 Å². The number of Topliss-reactive ketones (excluding diaryl/α,β-unsaturated/α-hetero) is 1. The van der Waals surface area contributed by atoms with Gasteiger partial charge in [-0.25, -0.2) is 4.79 Å². The average molecular weight is 331 g/mol. The standard InChI is InChI=1S/C17H17NO4S/c1-10-9-23-16-13(15(20)18(16)14(10)17(21)22)8-12(19)7-11-5-3-2-4-6-11/h2-6,13,16H,7-9H2,1H3,(H,21,22)/t13-,16-/m1/s1. The molecule has 0 bridgehead atoms. The van der Waals surface area contributed by atoms with E-state index in [9.17, 15) is 19.5 Å². The van der Waals surface area contributed by atoms with Gasteiger partial charge < -0.3 is 5.11 Å². The number of carbonyl (C=O) groups is 3. The van der Waals surface area contributed by atoms with Crippen molar-refractivity contribution >= 4 is 29.4 Å². The maximum absolute atomic E-state index is 12.3. The van der Waals surface area contributed by atoms with Gasteiger partial charge in [-0.05, 0) is 18.1 Å². The van der Waals surface area contributed by atoms with Crippen molar-refractivity contribution in [1.82, 2.24) is 4.90 Å². The van der Waals surface area contributed by atoms with Crippen molar-refractivity contribution in [1.29, 1.82) is 0 Å². The topological polar surface area (TPSA) is 74.7 Å². The first kappa shape index (κ1) is 15.8. The number of carboxylic acids is 1. The Morgan fingerprint density at radius 3 is 2.65 bits per heavy atom. The van der Waals surface area contributed by atoms with E-state index in [2.05, 4.69) is 0 Å². The Bertz CT molecular complexity index is 698. The maximum Gasteiger partial charge on any atom is 0.352 e. The lowest BCUT2D eigenvalue weighted by Gasteiger charge is -2.49. The fourth-order valence-corrected chi connectivity index (χ4v) is 4.41. The first-order valence-corrected chi connectivity index (χ1v) is 8.47. The molecule has 1 aromatic rings. The summed E-state index contributed by atoms with van der Waals surface area (Å²) in [6.45, 7) is 1.73. The highest BCUT2D eigenvalue weighted by atomic mass is 32.2. The summed E-state index contributed by atoms with van der Waals surface area (Å²) < 4.78 is 0. The minimum atomic E-state index is -1.07. The molecule has 0 unspecified atom stereocenters. The lowest BCUT2D eigenvalue weighted by atomic mass is 9.89. The predicted octanol–water partition coefficient (Wildman–Crippen LogP) is 2.08. The lowest BCUT2D eigenvalue weighted by molar-refractivity contribution is -0.153. The van der Waals surface area contributed by atoms with Gasteiger partial charge in [0.1, 0.15) is 11.5 Å². The Kier molecular flexibility index (Phi) is 4.26. The zero-order chi connectivity index (χ0) is 16.6. The normalized spacial score (nSPS) is 23.3. The summed E-state index contributed by atoms with van der Waals surface area (Å²) in [5.74, 6) is -1.13. The Morgan fingerprint density at radius 1 is 1.30 bits per heavy atom. The van der Waals surface area contributed by atoms with Gasteiger partial charge in [-0.2, -0.15) is 0 Å². The highest BCUT2D eigenvalue weighted by molar-refractivity contribution is 8.00. The van der Waals surface area contributed by atoms with Gasteiger partial charge in [0.05, 0.1) is 11.3 Å². The molecule has 3 rings (SSSR count). The number of benzene rings is 1. The van der Waals surface area contributed by atoms with Crippen LogP contribution < -0.4 is 0 Å². The summed E-state index contributed by atoms with van der Waals surface area (Å²) in [5.41, 5.74) is 1.71. The van der Waals surface area contributed by atoms with Crippen molar-refractivity contribution < 1.29 is 19.5 Å². The van der Waals surface area contributed by atoms with E-state index in [1.165, 1.54) is 16.7 Å². The molecule has 0 aromatic heterocycles. The quantitative estimate of drug-likeness (QED) is 0.836. The minimum absolute atomic E-state index is 0.0120. The number of rotatable bonds is 5. The van der Waals surface area contributed by atoms with Gasteiger partial charge in [0.2, 0.25) is 5.91 Å². The zero-order valence-corrected chi connectivity index (χ0v) is 13.5. The molecular weight excluding hydrogens is 314 g/mol. The van der Waals surface area contributed by atoms with E-state index in [0.717, 1.165) is 5.56 Å². The minimum Gasteiger partial charge on any atom is -0.477 e. The number of carboxylic acid groups (broad SMARTS) is 1. The first-order chi connectivity index (χ1) is 11.0. The number of fused-ring (bicyclic) bond motifs is 1. The summed E-state index contributed by atoms with van der Waals surface area (Å²) in [5, 5.41) is 9.06. The number of β-lactam (4-membered cyclic amide) rings is 1. The lowest BCUT2D eigenvalue weighted by Crippen LogP contribution is -2.61. The van der Waals surface area contributed by atoms with Crippen LogP contribution in [0, 0.1) is 5.92 Å². The molecule has 2 aliphatic heterocycles. The molecule has 6 heteroatoms. The second kappa shape index (κ2) is 6.20. The zero-order valence-electron chi connectivity index (χ0n) is 12.7. The van der Waals surface area contributed by atoms with Crippen molar-refractivity contribution in [2.45, 2.75) is 25.1 Å². The van der Waals surface area contributed by atoms with E-state index in [1.807, 2.05) is 30.3 Å².